The van der Waals surface area contributed by atoms with Crippen LogP contribution in [0.2, 0.25) is 0 Å². The molecule has 0 spiro atoms. The van der Waals surface area contributed by atoms with E-state index in [-0.39, 0.29) is 18.1 Å². The number of hydrogen-bond donors (Lipinski definition) is 4. The van der Waals surface area contributed by atoms with Crippen molar-refractivity contribution in [1.29, 1.82) is 5.41 Å². The molecule has 0 heterocycles. The zero-order chi connectivity index (χ0) is 12.1. The minimum absolute atomic E-state index is 0.0955. The van der Waals surface area contributed by atoms with Gasteiger partial charge < -0.3 is 15.9 Å². The number of nitrogen functional groups attached to an aromatic ring is 1. The first-order chi connectivity index (χ1) is 7.50. The number of carboxylic acids is 1. The Morgan fingerprint density at radius 1 is 1.56 bits per heavy atom. The van der Waals surface area contributed by atoms with Crippen molar-refractivity contribution in [3.63, 3.8) is 0 Å². The van der Waals surface area contributed by atoms with E-state index in [1.165, 1.54) is 18.3 Å². The summed E-state index contributed by atoms with van der Waals surface area (Å²) in [5.41, 5.74) is 6.01. The number of aliphatic carboxylic acids is 1. The van der Waals surface area contributed by atoms with Crippen LogP contribution in [0.4, 0.5) is 0 Å². The Kier molecular flexibility index (Phi) is 3.60. The molecule has 0 unspecified atom stereocenters. The molecule has 1 rings (SSSR count). The summed E-state index contributed by atoms with van der Waals surface area (Å²) < 4.78 is 0. The molecule has 0 radical (unpaired) electrons. The highest BCUT2D eigenvalue weighted by atomic mass is 16.4. The lowest BCUT2D eigenvalue weighted by atomic mass is 10.1. The number of carboxylic acid groups (broad SMARTS) is 1. The number of benzene rings is 1. The van der Waals surface area contributed by atoms with E-state index in [2.05, 4.69) is 4.99 Å². The molecule has 1 aromatic rings. The third-order valence-electron chi connectivity index (χ3n) is 1.80. The number of aliphatic imine (C=N–C) groups is 1. The molecule has 0 aliphatic rings. The lowest BCUT2D eigenvalue weighted by Crippen LogP contribution is -2.10. The summed E-state index contributed by atoms with van der Waals surface area (Å²) in [6.45, 7) is -0.353. The first-order valence-electron chi connectivity index (χ1n) is 4.39. The number of rotatable bonds is 4. The lowest BCUT2D eigenvalue weighted by molar-refractivity contribution is -0.135. The van der Waals surface area contributed by atoms with Crippen molar-refractivity contribution in [3.8, 4) is 5.75 Å². The molecule has 1 aromatic carbocycles. The number of nitrogens with zero attached hydrogens (tertiary/aromatic N) is 1. The van der Waals surface area contributed by atoms with E-state index >= 15 is 0 Å². The second-order valence-corrected chi connectivity index (χ2v) is 3.05. The Morgan fingerprint density at radius 3 is 2.75 bits per heavy atom. The molecule has 6 heteroatoms. The molecule has 0 saturated heterocycles. The molecule has 6 nitrogen and oxygen atoms in total. The Balaban J connectivity index is 2.87. The van der Waals surface area contributed by atoms with Crippen molar-refractivity contribution in [2.45, 2.75) is 0 Å². The van der Waals surface area contributed by atoms with Gasteiger partial charge in [0.25, 0.3) is 0 Å². The van der Waals surface area contributed by atoms with Crippen molar-refractivity contribution < 1.29 is 15.0 Å². The smallest absolute Gasteiger partial charge is 0.325 e. The van der Waals surface area contributed by atoms with E-state index in [1.807, 2.05) is 0 Å². The molecule has 16 heavy (non-hydrogen) atoms. The third kappa shape index (κ3) is 3.09. The number of phenolic OH excluding ortho intramolecular Hbond substituents is 1. The molecule has 0 aliphatic heterocycles. The van der Waals surface area contributed by atoms with Crippen molar-refractivity contribution in [1.82, 2.24) is 0 Å². The molecular formula is C10H11N3O3. The predicted molar refractivity (Wildman–Crippen MR) is 59.2 cm³/mol. The Bertz CT molecular complexity index is 455. The third-order valence-corrected chi connectivity index (χ3v) is 1.80. The quantitative estimate of drug-likeness (QED) is 0.428. The fourth-order valence-electron chi connectivity index (χ4n) is 1.04. The molecular weight excluding hydrogens is 210 g/mol. The molecule has 0 aromatic heterocycles. The minimum atomic E-state index is -1.05. The topological polar surface area (TPSA) is 120 Å². The molecule has 0 amide bonds. The highest BCUT2D eigenvalue weighted by Gasteiger charge is 2.02. The largest absolute Gasteiger partial charge is 0.507 e. The van der Waals surface area contributed by atoms with E-state index in [1.54, 1.807) is 6.07 Å². The Hall–Kier alpha value is -2.37. The van der Waals surface area contributed by atoms with Gasteiger partial charge in [0.1, 0.15) is 18.1 Å². The first kappa shape index (κ1) is 11.7. The van der Waals surface area contributed by atoms with Crippen LogP contribution >= 0.6 is 0 Å². The van der Waals surface area contributed by atoms with Crippen LogP contribution in [-0.4, -0.2) is 34.8 Å². The molecule has 5 N–H and O–H groups in total. The van der Waals surface area contributed by atoms with Gasteiger partial charge in [-0.3, -0.25) is 15.2 Å². The number of phenols is 1. The summed E-state index contributed by atoms with van der Waals surface area (Å²) in [6, 6.07) is 4.38. The van der Waals surface area contributed by atoms with Crippen molar-refractivity contribution >= 4 is 18.0 Å². The van der Waals surface area contributed by atoms with Gasteiger partial charge in [-0.1, -0.05) is 6.07 Å². The van der Waals surface area contributed by atoms with Crippen LogP contribution in [0.25, 0.3) is 0 Å². The Labute approximate surface area is 91.6 Å². The number of hydrogen-bond acceptors (Lipinski definition) is 4. The van der Waals surface area contributed by atoms with Crippen LogP contribution in [0, 0.1) is 5.41 Å². The van der Waals surface area contributed by atoms with Crippen LogP contribution in [0.15, 0.2) is 23.2 Å². The lowest BCUT2D eigenvalue weighted by Gasteiger charge is -2.02. The van der Waals surface area contributed by atoms with E-state index < -0.39 is 5.97 Å². The van der Waals surface area contributed by atoms with Gasteiger partial charge in [-0.2, -0.15) is 0 Å². The van der Waals surface area contributed by atoms with Crippen molar-refractivity contribution in [3.05, 3.63) is 29.3 Å². The number of aromatic hydroxyl groups is 1. The molecule has 0 aliphatic carbocycles. The highest BCUT2D eigenvalue weighted by molar-refractivity contribution is 5.96. The van der Waals surface area contributed by atoms with Gasteiger partial charge in [0.05, 0.1) is 0 Å². The van der Waals surface area contributed by atoms with E-state index in [0.29, 0.717) is 11.1 Å². The van der Waals surface area contributed by atoms with Crippen LogP contribution in [0.5, 0.6) is 5.75 Å². The maximum absolute atomic E-state index is 10.2. The highest BCUT2D eigenvalue weighted by Crippen LogP contribution is 2.16. The van der Waals surface area contributed by atoms with Gasteiger partial charge in [-0.05, 0) is 12.1 Å². The fourth-order valence-corrected chi connectivity index (χ4v) is 1.04. The summed E-state index contributed by atoms with van der Waals surface area (Å²) in [5.74, 6) is -1.29. The first-order valence-corrected chi connectivity index (χ1v) is 4.39. The van der Waals surface area contributed by atoms with Gasteiger partial charge in [0.2, 0.25) is 0 Å². The van der Waals surface area contributed by atoms with Gasteiger partial charge in [0, 0.05) is 17.3 Å². The summed E-state index contributed by atoms with van der Waals surface area (Å²) in [7, 11) is 0. The van der Waals surface area contributed by atoms with Gasteiger partial charge in [0.15, 0.2) is 0 Å². The monoisotopic (exact) mass is 221 g/mol. The standard InChI is InChI=1S/C10H11N3O3/c11-10(12)6-1-2-7(8(14)3-6)4-13-5-9(15)16/h1-4,14H,5H2,(H3,11,12)(H,15,16). The normalized spacial score (nSPS) is 10.5. The average molecular weight is 221 g/mol. The van der Waals surface area contributed by atoms with E-state index in [0.717, 1.165) is 0 Å². The minimum Gasteiger partial charge on any atom is -0.507 e. The summed E-state index contributed by atoms with van der Waals surface area (Å²) in [4.78, 5) is 13.8. The van der Waals surface area contributed by atoms with E-state index in [9.17, 15) is 9.90 Å². The number of amidine groups is 1. The zero-order valence-electron chi connectivity index (χ0n) is 8.34. The summed E-state index contributed by atoms with van der Waals surface area (Å²) >= 11 is 0. The number of nitrogens with two attached hydrogens (primary N) is 1. The maximum atomic E-state index is 10.2. The SMILES string of the molecule is N=C(N)c1ccc(C=NCC(=O)O)c(O)c1. The maximum Gasteiger partial charge on any atom is 0.325 e. The Morgan fingerprint density at radius 2 is 2.25 bits per heavy atom. The molecule has 84 valence electrons. The summed E-state index contributed by atoms with van der Waals surface area (Å²) in [5, 5.41) is 25.0. The van der Waals surface area contributed by atoms with Crippen molar-refractivity contribution in [2.24, 2.45) is 10.7 Å². The second kappa shape index (κ2) is 4.92. The number of nitrogens with one attached hydrogen (secondary N) is 1. The fraction of sp³-hybridized carbons (Fsp3) is 0.100. The molecule has 0 saturated carbocycles. The van der Waals surface area contributed by atoms with Crippen LogP contribution in [0.1, 0.15) is 11.1 Å². The summed E-state index contributed by atoms with van der Waals surface area (Å²) in [6.07, 6.45) is 1.26. The van der Waals surface area contributed by atoms with Crippen molar-refractivity contribution in [2.75, 3.05) is 6.54 Å². The molecule has 0 bridgehead atoms. The number of carbonyl (C=O) groups is 1. The molecule has 0 fully saturated rings. The zero-order valence-corrected chi connectivity index (χ0v) is 8.34. The van der Waals surface area contributed by atoms with Gasteiger partial charge in [-0.25, -0.2) is 0 Å². The molecule has 0 atom stereocenters. The second-order valence-electron chi connectivity index (χ2n) is 3.05. The van der Waals surface area contributed by atoms with Gasteiger partial charge in [-0.15, -0.1) is 0 Å². The average Bonchev–Trinajstić information content (AvgIpc) is 2.19. The van der Waals surface area contributed by atoms with E-state index in [4.69, 9.17) is 16.2 Å². The van der Waals surface area contributed by atoms with Crippen LogP contribution < -0.4 is 5.73 Å². The van der Waals surface area contributed by atoms with Crippen LogP contribution in [-0.2, 0) is 4.79 Å². The van der Waals surface area contributed by atoms with Gasteiger partial charge >= 0.3 is 5.97 Å². The van der Waals surface area contributed by atoms with Crippen LogP contribution in [0.3, 0.4) is 0 Å². The predicted octanol–water partition coefficient (Wildman–Crippen LogP) is 0.180.